The van der Waals surface area contributed by atoms with E-state index in [0.29, 0.717) is 30.3 Å². The van der Waals surface area contributed by atoms with E-state index in [1.54, 1.807) is 13.0 Å². The van der Waals surface area contributed by atoms with Crippen LogP contribution in [0.1, 0.15) is 37.6 Å². The van der Waals surface area contributed by atoms with Crippen molar-refractivity contribution in [3.63, 3.8) is 0 Å². The molecule has 0 aliphatic carbocycles. The Balaban J connectivity index is 2.29. The van der Waals surface area contributed by atoms with Gasteiger partial charge in [0.15, 0.2) is 0 Å². The maximum atomic E-state index is 12.0. The topological polar surface area (TPSA) is 86.5 Å². The fraction of sp³-hybridized carbons (Fsp3) is 0.571. The van der Waals surface area contributed by atoms with Crippen LogP contribution in [0, 0.1) is 0 Å². The standard InChI is InChI=1S/C14H21N3O3/c1-4-19-13(18)11-7-10(15)8-16-12(11)17-14(3)5-6-20-9(14)2/h7-9H,4-6,15H2,1-3H3,(H,16,17). The van der Waals surface area contributed by atoms with Crippen molar-refractivity contribution >= 4 is 17.5 Å². The lowest BCUT2D eigenvalue weighted by atomic mass is 9.94. The van der Waals surface area contributed by atoms with Crippen LogP contribution in [0.15, 0.2) is 12.3 Å². The fourth-order valence-corrected chi connectivity index (χ4v) is 2.21. The summed E-state index contributed by atoms with van der Waals surface area (Å²) in [5.41, 5.74) is 6.23. The van der Waals surface area contributed by atoms with E-state index in [0.717, 1.165) is 6.42 Å². The number of hydrogen-bond acceptors (Lipinski definition) is 6. The molecular weight excluding hydrogens is 258 g/mol. The molecule has 110 valence electrons. The highest BCUT2D eigenvalue weighted by Gasteiger charge is 2.38. The average molecular weight is 279 g/mol. The van der Waals surface area contributed by atoms with E-state index >= 15 is 0 Å². The number of aromatic nitrogens is 1. The van der Waals surface area contributed by atoms with Crippen molar-refractivity contribution < 1.29 is 14.3 Å². The van der Waals surface area contributed by atoms with E-state index in [1.807, 2.05) is 6.92 Å². The molecule has 2 rings (SSSR count). The van der Waals surface area contributed by atoms with Crippen LogP contribution in [-0.4, -0.2) is 35.8 Å². The van der Waals surface area contributed by atoms with Gasteiger partial charge >= 0.3 is 5.97 Å². The summed E-state index contributed by atoms with van der Waals surface area (Å²) in [5, 5.41) is 3.31. The molecule has 6 heteroatoms. The van der Waals surface area contributed by atoms with Gasteiger partial charge in [0.2, 0.25) is 0 Å². The Hall–Kier alpha value is -1.82. The third-order valence-electron chi connectivity index (χ3n) is 3.69. The summed E-state index contributed by atoms with van der Waals surface area (Å²) in [6.45, 7) is 6.82. The van der Waals surface area contributed by atoms with Gasteiger partial charge in [0.25, 0.3) is 0 Å². The normalized spacial score (nSPS) is 25.4. The van der Waals surface area contributed by atoms with Crippen molar-refractivity contribution in [3.05, 3.63) is 17.8 Å². The molecule has 0 spiro atoms. The first-order valence-electron chi connectivity index (χ1n) is 6.78. The minimum Gasteiger partial charge on any atom is -0.462 e. The largest absolute Gasteiger partial charge is 0.462 e. The van der Waals surface area contributed by atoms with E-state index in [1.165, 1.54) is 6.20 Å². The van der Waals surface area contributed by atoms with Crippen molar-refractivity contribution in [2.45, 2.75) is 38.8 Å². The second-order valence-electron chi connectivity index (χ2n) is 5.19. The van der Waals surface area contributed by atoms with Gasteiger partial charge in [-0.2, -0.15) is 0 Å². The maximum Gasteiger partial charge on any atom is 0.341 e. The van der Waals surface area contributed by atoms with Crippen molar-refractivity contribution in [2.24, 2.45) is 0 Å². The molecule has 1 fully saturated rings. The van der Waals surface area contributed by atoms with Gasteiger partial charge in [-0.1, -0.05) is 0 Å². The molecule has 1 saturated heterocycles. The van der Waals surface area contributed by atoms with Crippen LogP contribution >= 0.6 is 0 Å². The Kier molecular flexibility index (Phi) is 4.13. The number of hydrogen-bond donors (Lipinski definition) is 2. The molecule has 1 aliphatic rings. The average Bonchev–Trinajstić information content (AvgIpc) is 2.72. The Labute approximate surface area is 118 Å². The summed E-state index contributed by atoms with van der Waals surface area (Å²) in [6, 6.07) is 1.58. The predicted molar refractivity (Wildman–Crippen MR) is 76.7 cm³/mol. The molecule has 2 heterocycles. The lowest BCUT2D eigenvalue weighted by Crippen LogP contribution is -2.42. The summed E-state index contributed by atoms with van der Waals surface area (Å²) < 4.78 is 10.6. The zero-order valence-corrected chi connectivity index (χ0v) is 12.1. The number of nitrogens with zero attached hydrogens (tertiary/aromatic N) is 1. The molecule has 6 nitrogen and oxygen atoms in total. The second kappa shape index (κ2) is 5.66. The van der Waals surface area contributed by atoms with Gasteiger partial charge < -0.3 is 20.5 Å². The maximum absolute atomic E-state index is 12.0. The Bertz CT molecular complexity index is 506. The van der Waals surface area contributed by atoms with Gasteiger partial charge in [-0.15, -0.1) is 0 Å². The van der Waals surface area contributed by atoms with Crippen LogP contribution in [0.2, 0.25) is 0 Å². The first-order chi connectivity index (χ1) is 9.46. The van der Waals surface area contributed by atoms with Crippen molar-refractivity contribution in [1.29, 1.82) is 0 Å². The molecular formula is C14H21N3O3. The van der Waals surface area contributed by atoms with Gasteiger partial charge in [0.05, 0.1) is 30.1 Å². The lowest BCUT2D eigenvalue weighted by molar-refractivity contribution is 0.0526. The van der Waals surface area contributed by atoms with Crippen LogP contribution < -0.4 is 11.1 Å². The summed E-state index contributed by atoms with van der Waals surface area (Å²) in [7, 11) is 0. The lowest BCUT2D eigenvalue weighted by Gasteiger charge is -2.30. The molecule has 0 radical (unpaired) electrons. The van der Waals surface area contributed by atoms with Gasteiger partial charge in [-0.25, -0.2) is 9.78 Å². The molecule has 1 aromatic rings. The zero-order chi connectivity index (χ0) is 14.8. The molecule has 2 atom stereocenters. The Morgan fingerprint density at radius 1 is 1.70 bits per heavy atom. The molecule has 2 unspecified atom stereocenters. The highest BCUT2D eigenvalue weighted by molar-refractivity contribution is 5.95. The van der Waals surface area contributed by atoms with Gasteiger partial charge in [-0.3, -0.25) is 0 Å². The van der Waals surface area contributed by atoms with Crippen LogP contribution in [0.3, 0.4) is 0 Å². The van der Waals surface area contributed by atoms with Crippen LogP contribution in [0.4, 0.5) is 11.5 Å². The molecule has 20 heavy (non-hydrogen) atoms. The molecule has 0 bridgehead atoms. The third-order valence-corrected chi connectivity index (χ3v) is 3.69. The number of nitrogens with one attached hydrogen (secondary N) is 1. The minimum absolute atomic E-state index is 0.0388. The van der Waals surface area contributed by atoms with Crippen LogP contribution in [0.5, 0.6) is 0 Å². The van der Waals surface area contributed by atoms with Gasteiger partial charge in [-0.05, 0) is 33.3 Å². The second-order valence-corrected chi connectivity index (χ2v) is 5.19. The van der Waals surface area contributed by atoms with Crippen molar-refractivity contribution in [3.8, 4) is 0 Å². The number of carbonyl (C=O) groups is 1. The number of esters is 1. The van der Waals surface area contributed by atoms with E-state index in [4.69, 9.17) is 15.2 Å². The van der Waals surface area contributed by atoms with E-state index in [9.17, 15) is 4.79 Å². The van der Waals surface area contributed by atoms with E-state index in [-0.39, 0.29) is 11.6 Å². The molecule has 3 N–H and O–H groups in total. The number of carbonyl (C=O) groups excluding carboxylic acids is 1. The highest BCUT2D eigenvalue weighted by Crippen LogP contribution is 2.30. The number of anilines is 2. The first kappa shape index (κ1) is 14.6. The number of ether oxygens (including phenoxy) is 2. The predicted octanol–water partition coefficient (Wildman–Crippen LogP) is 1.82. The zero-order valence-electron chi connectivity index (χ0n) is 12.1. The SMILES string of the molecule is CCOC(=O)c1cc(N)cnc1NC1(C)CCOC1C. The molecule has 0 saturated carbocycles. The van der Waals surface area contributed by atoms with Crippen LogP contribution in [0.25, 0.3) is 0 Å². The number of rotatable bonds is 4. The van der Waals surface area contributed by atoms with Crippen molar-refractivity contribution in [2.75, 3.05) is 24.3 Å². The van der Waals surface area contributed by atoms with Crippen molar-refractivity contribution in [1.82, 2.24) is 4.98 Å². The Morgan fingerprint density at radius 2 is 2.45 bits per heavy atom. The van der Waals surface area contributed by atoms with Crippen LogP contribution in [-0.2, 0) is 9.47 Å². The number of pyridine rings is 1. The summed E-state index contributed by atoms with van der Waals surface area (Å²) in [4.78, 5) is 16.2. The quantitative estimate of drug-likeness (QED) is 0.818. The fourth-order valence-electron chi connectivity index (χ4n) is 2.21. The number of nitrogens with two attached hydrogens (primary N) is 1. The summed E-state index contributed by atoms with van der Waals surface area (Å²) >= 11 is 0. The molecule has 0 amide bonds. The third kappa shape index (κ3) is 2.85. The smallest absolute Gasteiger partial charge is 0.341 e. The monoisotopic (exact) mass is 279 g/mol. The summed E-state index contributed by atoms with van der Waals surface area (Å²) in [6.07, 6.45) is 2.41. The molecule has 1 aromatic heterocycles. The van der Waals surface area contributed by atoms with Gasteiger partial charge in [0, 0.05) is 6.61 Å². The van der Waals surface area contributed by atoms with E-state index < -0.39 is 5.97 Å². The number of nitrogen functional groups attached to an aromatic ring is 1. The first-order valence-corrected chi connectivity index (χ1v) is 6.78. The minimum atomic E-state index is -0.426. The Morgan fingerprint density at radius 3 is 3.05 bits per heavy atom. The van der Waals surface area contributed by atoms with E-state index in [2.05, 4.69) is 17.2 Å². The highest BCUT2D eigenvalue weighted by atomic mass is 16.5. The molecule has 0 aromatic carbocycles. The molecule has 1 aliphatic heterocycles. The van der Waals surface area contributed by atoms with Gasteiger partial charge in [0.1, 0.15) is 11.4 Å². The summed E-state index contributed by atoms with van der Waals surface area (Å²) in [5.74, 6) is 0.0578.